The molecule has 30 heavy (non-hydrogen) atoms. The van der Waals surface area contributed by atoms with Gasteiger partial charge in [0.05, 0.1) is 22.8 Å². The molecule has 1 N–H and O–H groups in total. The Morgan fingerprint density at radius 1 is 1.13 bits per heavy atom. The maximum atomic E-state index is 12.7. The number of nitrogens with one attached hydrogen (secondary N) is 1. The second-order valence-electron chi connectivity index (χ2n) is 6.53. The van der Waals surface area contributed by atoms with Crippen molar-refractivity contribution in [2.24, 2.45) is 5.16 Å². The molecule has 0 unspecified atom stereocenters. The molecule has 0 amide bonds. The topological polar surface area (TPSA) is 72.3 Å². The van der Waals surface area contributed by atoms with Crippen LogP contribution in [0.3, 0.4) is 0 Å². The molecular weight excluding hydrogens is 419 g/mol. The summed E-state index contributed by atoms with van der Waals surface area (Å²) >= 11 is 5.91. The van der Waals surface area contributed by atoms with E-state index in [9.17, 15) is 13.2 Å². The predicted molar refractivity (Wildman–Crippen MR) is 106 cm³/mol. The van der Waals surface area contributed by atoms with Crippen LogP contribution in [0, 0.1) is 0 Å². The molecule has 2 aromatic heterocycles. The summed E-state index contributed by atoms with van der Waals surface area (Å²) in [6, 6.07) is 12.1. The minimum Gasteiger partial charge on any atom is -0.390 e. The molecule has 3 heterocycles. The van der Waals surface area contributed by atoms with Gasteiger partial charge in [-0.1, -0.05) is 47.1 Å². The predicted octanol–water partition coefficient (Wildman–Crippen LogP) is 4.82. The summed E-state index contributed by atoms with van der Waals surface area (Å²) in [7, 11) is 0. The highest BCUT2D eigenvalue weighted by molar-refractivity contribution is 6.33. The Hall–Kier alpha value is -3.20. The van der Waals surface area contributed by atoms with Gasteiger partial charge >= 0.3 is 6.18 Å². The number of hydrogen-bond acceptors (Lipinski definition) is 6. The Morgan fingerprint density at radius 2 is 1.93 bits per heavy atom. The number of aromatic nitrogens is 3. The van der Waals surface area contributed by atoms with Gasteiger partial charge in [-0.25, -0.2) is 15.0 Å². The normalized spacial score (nSPS) is 16.1. The number of nitrogens with zero attached hydrogens (tertiary/aromatic N) is 4. The molecule has 0 saturated heterocycles. The van der Waals surface area contributed by atoms with E-state index in [0.717, 1.165) is 17.8 Å². The van der Waals surface area contributed by atoms with Crippen LogP contribution in [-0.4, -0.2) is 33.3 Å². The minimum absolute atomic E-state index is 0.118. The Morgan fingerprint density at radius 3 is 2.67 bits per heavy atom. The van der Waals surface area contributed by atoms with E-state index in [2.05, 4.69) is 25.4 Å². The molecule has 1 atom stereocenters. The standard InChI is InChI=1S/C20H15ClF3N5O/c21-15-8-13(20(22,23)24)10-26-19(15)27-11-14-9-17(29-30-14)16-6-7-25-18(28-16)12-4-2-1-3-5-12/h1-8,10,14H,9,11H2,(H,26,27)/t14-/m0/s1. The molecule has 0 bridgehead atoms. The van der Waals surface area contributed by atoms with Gasteiger partial charge in [-0.15, -0.1) is 0 Å². The number of oxime groups is 1. The summed E-state index contributed by atoms with van der Waals surface area (Å²) in [6.45, 7) is 0.266. The molecule has 0 fully saturated rings. The lowest BCUT2D eigenvalue weighted by Crippen LogP contribution is -2.21. The van der Waals surface area contributed by atoms with Crippen molar-refractivity contribution < 1.29 is 18.0 Å². The molecule has 154 valence electrons. The van der Waals surface area contributed by atoms with Crippen molar-refractivity contribution in [1.82, 2.24) is 15.0 Å². The van der Waals surface area contributed by atoms with Gasteiger partial charge in [0.25, 0.3) is 0 Å². The Bertz CT molecular complexity index is 1080. The van der Waals surface area contributed by atoms with Crippen molar-refractivity contribution >= 4 is 23.1 Å². The fourth-order valence-corrected chi connectivity index (χ4v) is 3.10. The SMILES string of the molecule is FC(F)(F)c1cnc(NC[C@@H]2CC(c3ccnc(-c4ccccc4)n3)=NO2)c(Cl)c1. The molecule has 0 radical (unpaired) electrons. The quantitative estimate of drug-likeness (QED) is 0.624. The summed E-state index contributed by atoms with van der Waals surface area (Å²) in [5.74, 6) is 0.730. The number of pyridine rings is 1. The van der Waals surface area contributed by atoms with Crippen LogP contribution in [0.15, 0.2) is 60.0 Å². The van der Waals surface area contributed by atoms with E-state index < -0.39 is 11.7 Å². The lowest BCUT2D eigenvalue weighted by Gasteiger charge is -2.13. The molecule has 3 aromatic rings. The number of rotatable bonds is 5. The third kappa shape index (κ3) is 4.51. The zero-order valence-electron chi connectivity index (χ0n) is 15.4. The van der Waals surface area contributed by atoms with Crippen LogP contribution in [0.1, 0.15) is 17.7 Å². The summed E-state index contributed by atoms with van der Waals surface area (Å²) in [5.41, 5.74) is 1.30. The first kappa shape index (κ1) is 20.1. The van der Waals surface area contributed by atoms with Crippen LogP contribution in [0.25, 0.3) is 11.4 Å². The second-order valence-corrected chi connectivity index (χ2v) is 6.94. The van der Waals surface area contributed by atoms with Gasteiger partial charge in [-0.3, -0.25) is 0 Å². The van der Waals surface area contributed by atoms with Crippen LogP contribution >= 0.6 is 11.6 Å². The molecule has 10 heteroatoms. The van der Waals surface area contributed by atoms with Gasteiger partial charge in [-0.05, 0) is 12.1 Å². The summed E-state index contributed by atoms with van der Waals surface area (Å²) in [5, 5.41) is 6.87. The Labute approximate surface area is 174 Å². The van der Waals surface area contributed by atoms with Gasteiger partial charge in [0.2, 0.25) is 0 Å². The first-order chi connectivity index (χ1) is 14.4. The van der Waals surface area contributed by atoms with Crippen molar-refractivity contribution in [1.29, 1.82) is 0 Å². The molecule has 0 saturated carbocycles. The molecule has 1 aliphatic rings. The highest BCUT2D eigenvalue weighted by Gasteiger charge is 2.32. The van der Waals surface area contributed by atoms with E-state index in [-0.39, 0.29) is 23.5 Å². The van der Waals surface area contributed by atoms with Crippen molar-refractivity contribution in [2.45, 2.75) is 18.7 Å². The third-order valence-electron chi connectivity index (χ3n) is 4.38. The molecule has 1 aromatic carbocycles. The van der Waals surface area contributed by atoms with Crippen molar-refractivity contribution in [3.8, 4) is 11.4 Å². The monoisotopic (exact) mass is 433 g/mol. The van der Waals surface area contributed by atoms with E-state index in [4.69, 9.17) is 16.4 Å². The van der Waals surface area contributed by atoms with Crippen LogP contribution in [-0.2, 0) is 11.0 Å². The lowest BCUT2D eigenvalue weighted by atomic mass is 10.1. The fourth-order valence-electron chi connectivity index (χ4n) is 2.87. The van der Waals surface area contributed by atoms with Crippen LogP contribution in [0.4, 0.5) is 19.0 Å². The van der Waals surface area contributed by atoms with Crippen molar-refractivity contribution in [3.05, 3.63) is 71.1 Å². The third-order valence-corrected chi connectivity index (χ3v) is 4.67. The zero-order chi connectivity index (χ0) is 21.1. The fraction of sp³-hybridized carbons (Fsp3) is 0.200. The van der Waals surface area contributed by atoms with E-state index >= 15 is 0 Å². The number of halogens is 4. The first-order valence-electron chi connectivity index (χ1n) is 8.98. The summed E-state index contributed by atoms with van der Waals surface area (Å²) < 4.78 is 38.1. The van der Waals surface area contributed by atoms with Gasteiger partial charge in [0.15, 0.2) is 5.82 Å². The summed E-state index contributed by atoms with van der Waals surface area (Å²) in [4.78, 5) is 18.0. The summed E-state index contributed by atoms with van der Waals surface area (Å²) in [6.07, 6.45) is -1.98. The minimum atomic E-state index is -4.50. The van der Waals surface area contributed by atoms with Gasteiger partial charge in [-0.2, -0.15) is 13.2 Å². The van der Waals surface area contributed by atoms with E-state index in [1.54, 1.807) is 12.3 Å². The molecule has 6 nitrogen and oxygen atoms in total. The number of anilines is 1. The van der Waals surface area contributed by atoms with E-state index in [1.165, 1.54) is 0 Å². The highest BCUT2D eigenvalue weighted by atomic mass is 35.5. The van der Waals surface area contributed by atoms with E-state index in [0.29, 0.717) is 23.7 Å². The van der Waals surface area contributed by atoms with Crippen LogP contribution in [0.5, 0.6) is 0 Å². The average molecular weight is 434 g/mol. The molecular formula is C20H15ClF3N5O. The Balaban J connectivity index is 1.38. The van der Waals surface area contributed by atoms with Crippen molar-refractivity contribution in [2.75, 3.05) is 11.9 Å². The van der Waals surface area contributed by atoms with Gasteiger partial charge in [0.1, 0.15) is 17.6 Å². The smallest absolute Gasteiger partial charge is 0.390 e. The van der Waals surface area contributed by atoms with Crippen LogP contribution in [0.2, 0.25) is 5.02 Å². The first-order valence-corrected chi connectivity index (χ1v) is 9.36. The molecule has 4 rings (SSSR count). The number of hydrogen-bond donors (Lipinski definition) is 1. The number of alkyl halides is 3. The zero-order valence-corrected chi connectivity index (χ0v) is 16.2. The van der Waals surface area contributed by atoms with E-state index in [1.807, 2.05) is 30.3 Å². The second kappa shape index (κ2) is 8.27. The largest absolute Gasteiger partial charge is 0.417 e. The molecule has 0 aliphatic carbocycles. The lowest BCUT2D eigenvalue weighted by molar-refractivity contribution is -0.137. The Kier molecular flexibility index (Phi) is 5.54. The average Bonchev–Trinajstić information content (AvgIpc) is 3.22. The maximum absolute atomic E-state index is 12.7. The molecule has 0 spiro atoms. The van der Waals surface area contributed by atoms with Gasteiger partial charge in [0, 0.05) is 24.4 Å². The van der Waals surface area contributed by atoms with Gasteiger partial charge < -0.3 is 10.2 Å². The number of benzene rings is 1. The maximum Gasteiger partial charge on any atom is 0.417 e. The van der Waals surface area contributed by atoms with Crippen molar-refractivity contribution in [3.63, 3.8) is 0 Å². The highest BCUT2D eigenvalue weighted by Crippen LogP contribution is 2.32. The molecule has 1 aliphatic heterocycles. The van der Waals surface area contributed by atoms with Crippen LogP contribution < -0.4 is 5.32 Å².